The molecule has 0 saturated carbocycles. The number of aryl methyl sites for hydroxylation is 3. The van der Waals surface area contributed by atoms with E-state index in [1.54, 1.807) is 14.2 Å². The molecule has 0 bridgehead atoms. The molecule has 1 aromatic carbocycles. The van der Waals surface area contributed by atoms with Gasteiger partial charge in [-0.1, -0.05) is 6.07 Å². The zero-order chi connectivity index (χ0) is 23.5. The fourth-order valence-corrected chi connectivity index (χ4v) is 4.43. The second kappa shape index (κ2) is 9.68. The van der Waals surface area contributed by atoms with Crippen molar-refractivity contribution < 1.29 is 18.7 Å². The molecule has 176 valence electrons. The second-order valence-electron chi connectivity index (χ2n) is 8.55. The lowest BCUT2D eigenvalue weighted by molar-refractivity contribution is -0.125. The van der Waals surface area contributed by atoms with Crippen LogP contribution in [0.25, 0.3) is 11.1 Å². The highest BCUT2D eigenvalue weighted by atomic mass is 16.5. The predicted octanol–water partition coefficient (Wildman–Crippen LogP) is 3.74. The zero-order valence-corrected chi connectivity index (χ0v) is 20.0. The molecular formula is C25H32N4O4. The van der Waals surface area contributed by atoms with Crippen LogP contribution in [0.3, 0.4) is 0 Å². The Balaban J connectivity index is 1.33. The molecule has 1 aliphatic rings. The third kappa shape index (κ3) is 4.74. The van der Waals surface area contributed by atoms with Crippen molar-refractivity contribution in [1.82, 2.24) is 15.3 Å². The highest BCUT2D eigenvalue weighted by Crippen LogP contribution is 2.33. The standard InChI is InChI=1S/C25H32N4O4/c1-15-16(2)33-25-22(15)23(27-17(3)28-25)29-12-9-19(10-13-29)24(30)26-11-8-18-6-7-20(31-4)21(14-18)32-5/h6-7,14,19H,8-13H2,1-5H3,(H,26,30). The lowest BCUT2D eigenvalue weighted by atomic mass is 9.95. The molecular weight excluding hydrogens is 420 g/mol. The predicted molar refractivity (Wildman–Crippen MR) is 127 cm³/mol. The van der Waals surface area contributed by atoms with Crippen molar-refractivity contribution >= 4 is 22.8 Å². The monoisotopic (exact) mass is 452 g/mol. The Bertz CT molecular complexity index is 1150. The van der Waals surface area contributed by atoms with Crippen LogP contribution in [0.1, 0.15) is 35.6 Å². The number of carbonyl (C=O) groups excluding carboxylic acids is 1. The topological polar surface area (TPSA) is 89.7 Å². The van der Waals surface area contributed by atoms with Crippen LogP contribution in [0.5, 0.6) is 11.5 Å². The number of nitrogens with one attached hydrogen (secondary N) is 1. The molecule has 3 aromatic rings. The molecule has 33 heavy (non-hydrogen) atoms. The number of hydrogen-bond donors (Lipinski definition) is 1. The van der Waals surface area contributed by atoms with Crippen molar-refractivity contribution in [3.63, 3.8) is 0 Å². The highest BCUT2D eigenvalue weighted by Gasteiger charge is 2.28. The Morgan fingerprint density at radius 2 is 1.85 bits per heavy atom. The van der Waals surface area contributed by atoms with E-state index < -0.39 is 0 Å². The number of aromatic nitrogens is 2. The SMILES string of the molecule is COc1ccc(CCNC(=O)C2CCN(c3nc(C)nc4oc(C)c(C)c34)CC2)cc1OC. The summed E-state index contributed by atoms with van der Waals surface area (Å²) >= 11 is 0. The van der Waals surface area contributed by atoms with Crippen LogP contribution in [0.4, 0.5) is 5.82 Å². The molecule has 1 N–H and O–H groups in total. The lowest BCUT2D eigenvalue weighted by Gasteiger charge is -2.32. The fraction of sp³-hybridized carbons (Fsp3) is 0.480. The fourth-order valence-electron chi connectivity index (χ4n) is 4.43. The number of anilines is 1. The van der Waals surface area contributed by atoms with E-state index in [9.17, 15) is 4.79 Å². The van der Waals surface area contributed by atoms with E-state index in [-0.39, 0.29) is 11.8 Å². The van der Waals surface area contributed by atoms with E-state index in [0.717, 1.165) is 60.4 Å². The number of hydrogen-bond acceptors (Lipinski definition) is 7. The number of furan rings is 1. The van der Waals surface area contributed by atoms with Gasteiger partial charge < -0.3 is 24.1 Å². The summed E-state index contributed by atoms with van der Waals surface area (Å²) in [5.74, 6) is 4.02. The van der Waals surface area contributed by atoms with Crippen LogP contribution in [0.15, 0.2) is 22.6 Å². The van der Waals surface area contributed by atoms with E-state index in [4.69, 9.17) is 18.9 Å². The van der Waals surface area contributed by atoms with Crippen molar-refractivity contribution in [2.45, 2.75) is 40.0 Å². The molecule has 0 aliphatic carbocycles. The molecule has 1 amide bonds. The molecule has 4 rings (SSSR count). The summed E-state index contributed by atoms with van der Waals surface area (Å²) in [5, 5.41) is 4.08. The van der Waals surface area contributed by atoms with E-state index in [1.165, 1.54) is 0 Å². The van der Waals surface area contributed by atoms with Crippen LogP contribution in [0, 0.1) is 26.7 Å². The van der Waals surface area contributed by atoms with Crippen molar-refractivity contribution in [3.05, 3.63) is 40.9 Å². The van der Waals surface area contributed by atoms with E-state index in [2.05, 4.69) is 15.2 Å². The number of nitrogens with zero attached hydrogens (tertiary/aromatic N) is 3. The Kier molecular flexibility index (Phi) is 6.72. The van der Waals surface area contributed by atoms with Crippen molar-refractivity contribution in [1.29, 1.82) is 0 Å². The van der Waals surface area contributed by atoms with Crippen LogP contribution in [0.2, 0.25) is 0 Å². The second-order valence-corrected chi connectivity index (χ2v) is 8.55. The number of benzene rings is 1. The first-order valence-corrected chi connectivity index (χ1v) is 11.4. The first kappa shape index (κ1) is 22.9. The van der Waals surface area contributed by atoms with E-state index in [1.807, 2.05) is 39.0 Å². The summed E-state index contributed by atoms with van der Waals surface area (Å²) in [5.41, 5.74) is 2.81. The first-order valence-electron chi connectivity index (χ1n) is 11.4. The van der Waals surface area contributed by atoms with Gasteiger partial charge >= 0.3 is 0 Å². The molecule has 0 atom stereocenters. The molecule has 0 unspecified atom stereocenters. The number of amides is 1. The quantitative estimate of drug-likeness (QED) is 0.584. The summed E-state index contributed by atoms with van der Waals surface area (Å²) in [6, 6.07) is 5.84. The summed E-state index contributed by atoms with van der Waals surface area (Å²) in [6.07, 6.45) is 2.33. The summed E-state index contributed by atoms with van der Waals surface area (Å²) in [6.45, 7) is 8.03. The molecule has 8 nitrogen and oxygen atoms in total. The summed E-state index contributed by atoms with van der Waals surface area (Å²) in [7, 11) is 3.24. The number of carbonyl (C=O) groups is 1. The van der Waals surface area contributed by atoms with Gasteiger partial charge in [-0.05, 0) is 57.7 Å². The molecule has 0 spiro atoms. The van der Waals surface area contributed by atoms with Gasteiger partial charge in [0.05, 0.1) is 19.6 Å². The number of piperidine rings is 1. The largest absolute Gasteiger partial charge is 0.493 e. The van der Waals surface area contributed by atoms with Crippen LogP contribution < -0.4 is 19.7 Å². The Labute approximate surface area is 194 Å². The Morgan fingerprint density at radius 3 is 2.55 bits per heavy atom. The van der Waals surface area contributed by atoms with Crippen molar-refractivity contribution in [2.75, 3.05) is 38.8 Å². The third-order valence-corrected chi connectivity index (χ3v) is 6.45. The number of rotatable bonds is 7. The maximum absolute atomic E-state index is 12.8. The van der Waals surface area contributed by atoms with Gasteiger partial charge in [0, 0.05) is 31.1 Å². The van der Waals surface area contributed by atoms with Gasteiger partial charge in [-0.3, -0.25) is 4.79 Å². The van der Waals surface area contributed by atoms with Crippen molar-refractivity contribution in [3.8, 4) is 11.5 Å². The number of methoxy groups -OCH3 is 2. The molecule has 1 fully saturated rings. The number of fused-ring (bicyclic) bond motifs is 1. The maximum atomic E-state index is 12.8. The summed E-state index contributed by atoms with van der Waals surface area (Å²) in [4.78, 5) is 24.2. The van der Waals surface area contributed by atoms with Gasteiger partial charge in [-0.2, -0.15) is 4.98 Å². The van der Waals surface area contributed by atoms with E-state index in [0.29, 0.717) is 29.6 Å². The highest BCUT2D eigenvalue weighted by molar-refractivity contribution is 5.90. The van der Waals surface area contributed by atoms with Gasteiger partial charge in [0.1, 0.15) is 17.4 Å². The minimum atomic E-state index is 0.0114. The molecule has 1 saturated heterocycles. The van der Waals surface area contributed by atoms with Crippen LogP contribution in [-0.4, -0.2) is 49.7 Å². The van der Waals surface area contributed by atoms with Gasteiger partial charge in [-0.15, -0.1) is 0 Å². The minimum absolute atomic E-state index is 0.0114. The first-order chi connectivity index (χ1) is 15.9. The number of ether oxygens (including phenoxy) is 2. The maximum Gasteiger partial charge on any atom is 0.231 e. The average molecular weight is 453 g/mol. The van der Waals surface area contributed by atoms with Crippen molar-refractivity contribution in [2.24, 2.45) is 5.92 Å². The molecule has 2 aromatic heterocycles. The molecule has 1 aliphatic heterocycles. The van der Waals surface area contributed by atoms with Gasteiger partial charge in [0.25, 0.3) is 0 Å². The lowest BCUT2D eigenvalue weighted by Crippen LogP contribution is -2.41. The Hall–Kier alpha value is -3.29. The minimum Gasteiger partial charge on any atom is -0.493 e. The molecule has 0 radical (unpaired) electrons. The zero-order valence-electron chi connectivity index (χ0n) is 20.0. The average Bonchev–Trinajstić information content (AvgIpc) is 3.11. The Morgan fingerprint density at radius 1 is 1.12 bits per heavy atom. The van der Waals surface area contributed by atoms with Gasteiger partial charge in [0.2, 0.25) is 11.6 Å². The smallest absolute Gasteiger partial charge is 0.231 e. The van der Waals surface area contributed by atoms with Gasteiger partial charge in [-0.25, -0.2) is 4.98 Å². The molecule has 8 heteroatoms. The van der Waals surface area contributed by atoms with Crippen LogP contribution >= 0.6 is 0 Å². The third-order valence-electron chi connectivity index (χ3n) is 6.45. The normalized spacial score (nSPS) is 14.5. The van der Waals surface area contributed by atoms with E-state index >= 15 is 0 Å². The molecule has 3 heterocycles. The summed E-state index contributed by atoms with van der Waals surface area (Å²) < 4.78 is 16.5. The van der Waals surface area contributed by atoms with Crippen LogP contribution in [-0.2, 0) is 11.2 Å². The van der Waals surface area contributed by atoms with Gasteiger partial charge in [0.15, 0.2) is 11.5 Å².